The number of nitrogens with one attached hydrogen (secondary N) is 1. The third kappa shape index (κ3) is 5.39. The summed E-state index contributed by atoms with van der Waals surface area (Å²) in [6.07, 6.45) is 2.89. The van der Waals surface area contributed by atoms with Crippen LogP contribution in [0.1, 0.15) is 36.0 Å². The predicted octanol–water partition coefficient (Wildman–Crippen LogP) is 5.07. The maximum absolute atomic E-state index is 13.0. The molecule has 8 heteroatoms. The highest BCUT2D eigenvalue weighted by Gasteiger charge is 2.26. The Hall–Kier alpha value is -2.42. The quantitative estimate of drug-likeness (QED) is 0.496. The zero-order chi connectivity index (χ0) is 23.6. The molecule has 2 heterocycles. The van der Waals surface area contributed by atoms with Crippen molar-refractivity contribution in [2.45, 2.75) is 50.0 Å². The fourth-order valence-corrected chi connectivity index (χ4v) is 6.30. The van der Waals surface area contributed by atoms with E-state index in [9.17, 15) is 13.2 Å². The van der Waals surface area contributed by atoms with Gasteiger partial charge in [-0.3, -0.25) is 4.79 Å². The molecule has 33 heavy (non-hydrogen) atoms. The van der Waals surface area contributed by atoms with Gasteiger partial charge in [-0.25, -0.2) is 13.4 Å². The van der Waals surface area contributed by atoms with Crippen LogP contribution in [0.4, 0.5) is 5.69 Å². The number of hydrogen-bond acceptors (Lipinski definition) is 5. The van der Waals surface area contributed by atoms with Crippen molar-refractivity contribution in [1.29, 1.82) is 0 Å². The number of carbonyl (C=O) groups is 1. The molecule has 6 nitrogen and oxygen atoms in total. The van der Waals surface area contributed by atoms with Gasteiger partial charge < -0.3 is 5.32 Å². The number of rotatable bonds is 6. The molecule has 0 spiro atoms. The molecule has 0 bridgehead atoms. The smallest absolute Gasteiger partial charge is 0.243 e. The summed E-state index contributed by atoms with van der Waals surface area (Å²) in [6, 6.07) is 12.9. The second kappa shape index (κ2) is 9.83. The van der Waals surface area contributed by atoms with Gasteiger partial charge in [0.15, 0.2) is 0 Å². The third-order valence-electron chi connectivity index (χ3n) is 6.06. The Morgan fingerprint density at radius 2 is 1.73 bits per heavy atom. The first kappa shape index (κ1) is 23.7. The minimum Gasteiger partial charge on any atom is -0.325 e. The standard InChI is InChI=1S/C25H29N3O3S2/c1-17-7-8-20(13-18(17)2)26-24(29)16-32-25-14-19(3)22-15-21(9-10-23(22)27-25)33(30,31)28-11-5-4-6-12-28/h7-10,13-15H,4-6,11-12,16H2,1-3H3,(H,26,29). The van der Waals surface area contributed by atoms with E-state index in [4.69, 9.17) is 0 Å². The summed E-state index contributed by atoms with van der Waals surface area (Å²) in [7, 11) is -3.49. The van der Waals surface area contributed by atoms with E-state index in [1.807, 2.05) is 45.0 Å². The molecule has 0 saturated carbocycles. The van der Waals surface area contributed by atoms with Crippen LogP contribution in [0.2, 0.25) is 0 Å². The summed E-state index contributed by atoms with van der Waals surface area (Å²) in [5.41, 5.74) is 4.77. The number of aromatic nitrogens is 1. The van der Waals surface area contributed by atoms with Crippen LogP contribution in [0.25, 0.3) is 10.9 Å². The fraction of sp³-hybridized carbons (Fsp3) is 0.360. The van der Waals surface area contributed by atoms with Crippen LogP contribution in [-0.4, -0.2) is 42.5 Å². The number of nitrogens with zero attached hydrogens (tertiary/aromatic N) is 2. The number of fused-ring (bicyclic) bond motifs is 1. The molecule has 1 aliphatic rings. The maximum Gasteiger partial charge on any atom is 0.243 e. The van der Waals surface area contributed by atoms with Crippen LogP contribution in [0.5, 0.6) is 0 Å². The van der Waals surface area contributed by atoms with Gasteiger partial charge in [0.2, 0.25) is 15.9 Å². The molecule has 1 amide bonds. The molecule has 1 aliphatic heterocycles. The van der Waals surface area contributed by atoms with Crippen LogP contribution < -0.4 is 5.32 Å². The highest BCUT2D eigenvalue weighted by Crippen LogP contribution is 2.28. The van der Waals surface area contributed by atoms with Crippen molar-refractivity contribution in [3.8, 4) is 0 Å². The molecule has 4 rings (SSSR count). The Morgan fingerprint density at radius 1 is 0.970 bits per heavy atom. The lowest BCUT2D eigenvalue weighted by Crippen LogP contribution is -2.35. The van der Waals surface area contributed by atoms with E-state index < -0.39 is 10.0 Å². The number of piperidine rings is 1. The maximum atomic E-state index is 13.0. The number of aryl methyl sites for hydroxylation is 3. The van der Waals surface area contributed by atoms with Gasteiger partial charge in [0, 0.05) is 24.2 Å². The Labute approximate surface area is 199 Å². The Morgan fingerprint density at radius 3 is 2.45 bits per heavy atom. The number of sulfonamides is 1. The van der Waals surface area contributed by atoms with Gasteiger partial charge in [-0.05, 0) is 86.7 Å². The molecule has 0 atom stereocenters. The van der Waals surface area contributed by atoms with Crippen LogP contribution in [0.3, 0.4) is 0 Å². The largest absolute Gasteiger partial charge is 0.325 e. The van der Waals surface area contributed by atoms with Crippen molar-refractivity contribution in [3.63, 3.8) is 0 Å². The third-order valence-corrected chi connectivity index (χ3v) is 8.86. The summed E-state index contributed by atoms with van der Waals surface area (Å²) in [5, 5.41) is 4.48. The van der Waals surface area contributed by atoms with Gasteiger partial charge in [-0.15, -0.1) is 0 Å². The van der Waals surface area contributed by atoms with E-state index in [1.165, 1.54) is 17.3 Å². The Balaban J connectivity index is 1.48. The van der Waals surface area contributed by atoms with Crippen molar-refractivity contribution >= 4 is 44.3 Å². The van der Waals surface area contributed by atoms with Gasteiger partial charge in [0.25, 0.3) is 0 Å². The van der Waals surface area contributed by atoms with Crippen molar-refractivity contribution in [1.82, 2.24) is 9.29 Å². The van der Waals surface area contributed by atoms with Gasteiger partial charge >= 0.3 is 0 Å². The van der Waals surface area contributed by atoms with Gasteiger partial charge in [0.05, 0.1) is 21.2 Å². The first-order valence-electron chi connectivity index (χ1n) is 11.2. The first-order chi connectivity index (χ1) is 15.7. The molecule has 1 aromatic heterocycles. The van der Waals surface area contributed by atoms with E-state index >= 15 is 0 Å². The molecule has 2 aromatic carbocycles. The van der Waals surface area contributed by atoms with Crippen LogP contribution in [0, 0.1) is 20.8 Å². The topological polar surface area (TPSA) is 79.4 Å². The fourth-order valence-electron chi connectivity index (χ4n) is 3.99. The number of anilines is 1. The normalized spacial score (nSPS) is 15.0. The Kier molecular flexibility index (Phi) is 7.07. The van der Waals surface area contributed by atoms with Crippen LogP contribution >= 0.6 is 11.8 Å². The number of carbonyl (C=O) groups excluding carboxylic acids is 1. The number of benzene rings is 2. The number of amides is 1. The number of pyridine rings is 1. The van der Waals surface area contributed by atoms with Crippen molar-refractivity contribution in [2.75, 3.05) is 24.2 Å². The van der Waals surface area contributed by atoms with Gasteiger partial charge in [-0.2, -0.15) is 4.31 Å². The molecule has 1 N–H and O–H groups in total. The van der Waals surface area contributed by atoms with E-state index in [2.05, 4.69) is 10.3 Å². The molecule has 1 saturated heterocycles. The Bertz CT molecular complexity index is 1300. The highest BCUT2D eigenvalue weighted by molar-refractivity contribution is 7.99. The molecular weight excluding hydrogens is 454 g/mol. The molecular formula is C25H29N3O3S2. The molecule has 1 fully saturated rings. The molecule has 174 valence electrons. The molecule has 0 unspecified atom stereocenters. The molecule has 0 aliphatic carbocycles. The SMILES string of the molecule is Cc1ccc(NC(=O)CSc2cc(C)c3cc(S(=O)(=O)N4CCCCC4)ccc3n2)cc1C. The summed E-state index contributed by atoms with van der Waals surface area (Å²) in [6.45, 7) is 7.16. The van der Waals surface area contributed by atoms with Crippen LogP contribution in [-0.2, 0) is 14.8 Å². The van der Waals surface area contributed by atoms with E-state index in [0.717, 1.165) is 52.0 Å². The zero-order valence-corrected chi connectivity index (χ0v) is 20.9. The van der Waals surface area contributed by atoms with E-state index in [1.54, 1.807) is 22.5 Å². The first-order valence-corrected chi connectivity index (χ1v) is 13.6. The van der Waals surface area contributed by atoms with E-state index in [-0.39, 0.29) is 11.7 Å². The van der Waals surface area contributed by atoms with Gasteiger partial charge in [-0.1, -0.05) is 24.2 Å². The van der Waals surface area contributed by atoms with Crippen molar-refractivity contribution in [2.24, 2.45) is 0 Å². The second-order valence-corrected chi connectivity index (χ2v) is 11.5. The molecule has 0 radical (unpaired) electrons. The predicted molar refractivity (Wildman–Crippen MR) is 134 cm³/mol. The second-order valence-electron chi connectivity index (χ2n) is 8.56. The van der Waals surface area contributed by atoms with E-state index in [0.29, 0.717) is 18.0 Å². The zero-order valence-electron chi connectivity index (χ0n) is 19.2. The average molecular weight is 484 g/mol. The lowest BCUT2D eigenvalue weighted by molar-refractivity contribution is -0.113. The average Bonchev–Trinajstić information content (AvgIpc) is 2.80. The lowest BCUT2D eigenvalue weighted by Gasteiger charge is -2.26. The summed E-state index contributed by atoms with van der Waals surface area (Å²) < 4.78 is 27.6. The highest BCUT2D eigenvalue weighted by atomic mass is 32.2. The summed E-state index contributed by atoms with van der Waals surface area (Å²) in [4.78, 5) is 17.4. The monoisotopic (exact) mass is 483 g/mol. The summed E-state index contributed by atoms with van der Waals surface area (Å²) >= 11 is 1.37. The lowest BCUT2D eigenvalue weighted by atomic mass is 10.1. The number of hydrogen-bond donors (Lipinski definition) is 1. The van der Waals surface area contributed by atoms with Crippen LogP contribution in [0.15, 0.2) is 52.4 Å². The molecule has 3 aromatic rings. The minimum atomic E-state index is -3.49. The summed E-state index contributed by atoms with van der Waals surface area (Å²) in [5.74, 6) is 0.150. The number of thioether (sulfide) groups is 1. The minimum absolute atomic E-state index is 0.0919. The van der Waals surface area contributed by atoms with Crippen molar-refractivity contribution in [3.05, 3.63) is 59.2 Å². The van der Waals surface area contributed by atoms with Gasteiger partial charge in [0.1, 0.15) is 0 Å². The van der Waals surface area contributed by atoms with Crippen molar-refractivity contribution < 1.29 is 13.2 Å².